The van der Waals surface area contributed by atoms with Crippen molar-refractivity contribution >= 4 is 39.1 Å². The van der Waals surface area contributed by atoms with E-state index in [0.29, 0.717) is 27.6 Å². The number of hydrogen-bond acceptors (Lipinski definition) is 3. The van der Waals surface area contributed by atoms with Gasteiger partial charge >= 0.3 is 0 Å². The molecule has 0 fully saturated rings. The molecule has 164 valence electrons. The second-order valence-corrected chi connectivity index (χ2v) is 9.07. The average molecular weight is 523 g/mol. The molecule has 0 heterocycles. The summed E-state index contributed by atoms with van der Waals surface area (Å²) in [5, 5.41) is 4.74. The number of aryl methyl sites for hydroxylation is 1. The summed E-state index contributed by atoms with van der Waals surface area (Å²) in [4.78, 5) is 0. The van der Waals surface area contributed by atoms with Gasteiger partial charge in [0, 0.05) is 28.2 Å². The maximum absolute atomic E-state index is 6.25. The smallest absolute Gasteiger partial charge is 0.175 e. The van der Waals surface area contributed by atoms with Crippen molar-refractivity contribution in [2.45, 2.75) is 39.0 Å². The minimum absolute atomic E-state index is 0.252. The minimum atomic E-state index is 0.252. The number of nitrogens with one attached hydrogen (secondary N) is 1. The van der Waals surface area contributed by atoms with Crippen molar-refractivity contribution in [3.63, 3.8) is 0 Å². The van der Waals surface area contributed by atoms with E-state index in [1.807, 2.05) is 24.3 Å². The lowest BCUT2D eigenvalue weighted by atomic mass is 10.1. The first-order chi connectivity index (χ1) is 15.0. The Kier molecular flexibility index (Phi) is 9.09. The zero-order chi connectivity index (χ0) is 22.2. The third kappa shape index (κ3) is 6.88. The van der Waals surface area contributed by atoms with Crippen molar-refractivity contribution < 1.29 is 9.47 Å². The fourth-order valence-electron chi connectivity index (χ4n) is 3.25. The maximum atomic E-state index is 6.25. The fraction of sp³-hybridized carbons (Fsp3) is 0.280. The van der Waals surface area contributed by atoms with Crippen LogP contribution < -0.4 is 14.8 Å². The Morgan fingerprint density at radius 2 is 1.68 bits per heavy atom. The highest BCUT2D eigenvalue weighted by Crippen LogP contribution is 2.38. The van der Waals surface area contributed by atoms with E-state index in [4.69, 9.17) is 32.7 Å². The van der Waals surface area contributed by atoms with Crippen molar-refractivity contribution in [1.82, 2.24) is 5.32 Å². The molecule has 3 nitrogen and oxygen atoms in total. The van der Waals surface area contributed by atoms with Crippen LogP contribution in [0.15, 0.2) is 65.1 Å². The molecule has 31 heavy (non-hydrogen) atoms. The molecule has 3 aromatic rings. The molecule has 0 amide bonds. The Morgan fingerprint density at radius 1 is 0.968 bits per heavy atom. The topological polar surface area (TPSA) is 30.5 Å². The lowest BCUT2D eigenvalue weighted by Gasteiger charge is -2.17. The third-order valence-corrected chi connectivity index (χ3v) is 6.37. The van der Waals surface area contributed by atoms with E-state index in [1.54, 1.807) is 19.2 Å². The molecule has 0 aliphatic rings. The Morgan fingerprint density at radius 3 is 2.35 bits per heavy atom. The van der Waals surface area contributed by atoms with Crippen LogP contribution in [-0.4, -0.2) is 13.2 Å². The predicted octanol–water partition coefficient (Wildman–Crippen LogP) is 7.45. The molecule has 3 aromatic carbocycles. The Bertz CT molecular complexity index is 978. The highest BCUT2D eigenvalue weighted by Gasteiger charge is 2.14. The highest BCUT2D eigenvalue weighted by atomic mass is 79.9. The number of rotatable bonds is 10. The average Bonchev–Trinajstić information content (AvgIpc) is 2.77. The quantitative estimate of drug-likeness (QED) is 0.300. The van der Waals surface area contributed by atoms with Crippen molar-refractivity contribution in [2.75, 3.05) is 7.11 Å². The maximum Gasteiger partial charge on any atom is 0.175 e. The van der Waals surface area contributed by atoms with Crippen LogP contribution in [0.3, 0.4) is 0 Å². The number of hydrogen-bond donors (Lipinski definition) is 1. The van der Waals surface area contributed by atoms with Crippen LogP contribution in [0.5, 0.6) is 11.5 Å². The molecule has 0 unspecified atom stereocenters. The fourth-order valence-corrected chi connectivity index (χ4v) is 4.36. The summed E-state index contributed by atoms with van der Waals surface area (Å²) in [6.45, 7) is 3.20. The third-order valence-electron chi connectivity index (χ3n) is 5.08. The summed E-state index contributed by atoms with van der Waals surface area (Å²) in [7, 11) is 1.64. The molecule has 0 radical (unpaired) electrons. The van der Waals surface area contributed by atoms with Gasteiger partial charge < -0.3 is 14.8 Å². The Balaban J connectivity index is 1.61. The van der Waals surface area contributed by atoms with Gasteiger partial charge in [0.05, 0.1) is 11.6 Å². The van der Waals surface area contributed by atoms with Crippen molar-refractivity contribution in [2.24, 2.45) is 0 Å². The SMILES string of the molecule is COc1cc(CN[C@@H](C)CCc2ccccc2)cc(Br)c1OCc1c(Cl)cccc1Cl. The lowest BCUT2D eigenvalue weighted by Crippen LogP contribution is -2.26. The van der Waals surface area contributed by atoms with Gasteiger partial charge in [-0.05, 0) is 71.1 Å². The van der Waals surface area contributed by atoms with E-state index in [1.165, 1.54) is 5.56 Å². The van der Waals surface area contributed by atoms with E-state index in [0.717, 1.165) is 35.0 Å². The second kappa shape index (κ2) is 11.8. The van der Waals surface area contributed by atoms with Gasteiger partial charge in [-0.25, -0.2) is 0 Å². The number of methoxy groups -OCH3 is 1. The van der Waals surface area contributed by atoms with E-state index in [9.17, 15) is 0 Å². The zero-order valence-electron chi connectivity index (χ0n) is 17.6. The van der Waals surface area contributed by atoms with Gasteiger partial charge in [0.1, 0.15) is 6.61 Å². The molecular weight excluding hydrogens is 497 g/mol. The van der Waals surface area contributed by atoms with Gasteiger partial charge in [-0.3, -0.25) is 0 Å². The van der Waals surface area contributed by atoms with E-state index >= 15 is 0 Å². The molecule has 1 atom stereocenters. The van der Waals surface area contributed by atoms with E-state index < -0.39 is 0 Å². The first-order valence-corrected chi connectivity index (χ1v) is 11.7. The summed E-state index contributed by atoms with van der Waals surface area (Å²) in [6, 6.07) is 20.4. The van der Waals surface area contributed by atoms with Crippen LogP contribution in [0.2, 0.25) is 10.0 Å². The second-order valence-electron chi connectivity index (χ2n) is 7.40. The molecule has 0 saturated heterocycles. The molecule has 0 bridgehead atoms. The van der Waals surface area contributed by atoms with Crippen LogP contribution in [-0.2, 0) is 19.6 Å². The number of halogens is 3. The summed E-state index contributed by atoms with van der Waals surface area (Å²) in [6.07, 6.45) is 2.13. The van der Waals surface area contributed by atoms with Crippen LogP contribution >= 0.6 is 39.1 Å². The van der Waals surface area contributed by atoms with Gasteiger partial charge in [-0.15, -0.1) is 0 Å². The molecule has 0 saturated carbocycles. The molecule has 6 heteroatoms. The summed E-state index contributed by atoms with van der Waals surface area (Å²) < 4.78 is 12.4. The van der Waals surface area contributed by atoms with Gasteiger partial charge in [0.25, 0.3) is 0 Å². The summed E-state index contributed by atoms with van der Waals surface area (Å²) >= 11 is 16.1. The number of ether oxygens (including phenoxy) is 2. The number of benzene rings is 3. The standard InChI is InChI=1S/C25H26BrCl2NO2/c1-17(11-12-18-7-4-3-5-8-18)29-15-19-13-21(26)25(24(14-19)30-2)31-16-20-22(27)9-6-10-23(20)28/h3-10,13-14,17,29H,11-12,15-16H2,1-2H3/t17-/m0/s1. The molecule has 0 aliphatic carbocycles. The van der Waals surface area contributed by atoms with Gasteiger partial charge in [0.2, 0.25) is 0 Å². The van der Waals surface area contributed by atoms with Crippen LogP contribution in [0, 0.1) is 0 Å². The normalized spacial score (nSPS) is 11.9. The van der Waals surface area contributed by atoms with Crippen LogP contribution in [0.1, 0.15) is 30.0 Å². The predicted molar refractivity (Wildman–Crippen MR) is 133 cm³/mol. The molecule has 3 rings (SSSR count). The summed E-state index contributed by atoms with van der Waals surface area (Å²) in [5.41, 5.74) is 3.22. The van der Waals surface area contributed by atoms with Gasteiger partial charge in [-0.2, -0.15) is 0 Å². The van der Waals surface area contributed by atoms with E-state index in [2.05, 4.69) is 52.4 Å². The molecule has 0 aliphatic heterocycles. The molecule has 1 N–H and O–H groups in total. The van der Waals surface area contributed by atoms with Crippen LogP contribution in [0.4, 0.5) is 0 Å². The van der Waals surface area contributed by atoms with Gasteiger partial charge in [0.15, 0.2) is 11.5 Å². The van der Waals surface area contributed by atoms with E-state index in [-0.39, 0.29) is 6.61 Å². The molecule has 0 aromatic heterocycles. The Labute approximate surface area is 202 Å². The van der Waals surface area contributed by atoms with Crippen molar-refractivity contribution in [1.29, 1.82) is 0 Å². The van der Waals surface area contributed by atoms with Crippen molar-refractivity contribution in [3.8, 4) is 11.5 Å². The minimum Gasteiger partial charge on any atom is -0.493 e. The molecular formula is C25H26BrCl2NO2. The van der Waals surface area contributed by atoms with Crippen LogP contribution in [0.25, 0.3) is 0 Å². The van der Waals surface area contributed by atoms with Crippen molar-refractivity contribution in [3.05, 3.63) is 91.9 Å². The molecule has 0 spiro atoms. The largest absolute Gasteiger partial charge is 0.493 e. The first-order valence-electron chi connectivity index (χ1n) is 10.2. The monoisotopic (exact) mass is 521 g/mol. The van der Waals surface area contributed by atoms with Gasteiger partial charge in [-0.1, -0.05) is 59.6 Å². The first kappa shape index (κ1) is 23.9. The zero-order valence-corrected chi connectivity index (χ0v) is 20.7. The Hall–Kier alpha value is -1.72. The highest BCUT2D eigenvalue weighted by molar-refractivity contribution is 9.10. The summed E-state index contributed by atoms with van der Waals surface area (Å²) in [5.74, 6) is 1.28. The lowest BCUT2D eigenvalue weighted by molar-refractivity contribution is 0.282.